The van der Waals surface area contributed by atoms with Crippen LogP contribution < -0.4 is 0 Å². The van der Waals surface area contributed by atoms with Crippen molar-refractivity contribution >= 4 is 23.3 Å². The summed E-state index contributed by atoms with van der Waals surface area (Å²) in [6.07, 6.45) is 8.11. The Hall–Kier alpha value is -1.61. The van der Waals surface area contributed by atoms with Crippen LogP contribution in [-0.4, -0.2) is 11.6 Å². The van der Waals surface area contributed by atoms with Crippen molar-refractivity contribution in [3.8, 4) is 0 Å². The summed E-state index contributed by atoms with van der Waals surface area (Å²) in [6.45, 7) is 3.78. The second-order valence-corrected chi connectivity index (χ2v) is 7.81. The summed E-state index contributed by atoms with van der Waals surface area (Å²) in [4.78, 5) is 26.3. The topological polar surface area (TPSA) is 34.1 Å². The summed E-state index contributed by atoms with van der Waals surface area (Å²) < 4.78 is 0. The van der Waals surface area contributed by atoms with Crippen LogP contribution in [-0.2, 0) is 9.59 Å². The van der Waals surface area contributed by atoms with Gasteiger partial charge in [0.05, 0.1) is 5.41 Å². The van der Waals surface area contributed by atoms with E-state index in [4.69, 9.17) is 0 Å². The summed E-state index contributed by atoms with van der Waals surface area (Å²) in [5.41, 5.74) is -0.691. The number of carbonyl (C=O) groups is 2. The van der Waals surface area contributed by atoms with E-state index in [2.05, 4.69) is 25.1 Å². The molecule has 0 amide bonds. The van der Waals surface area contributed by atoms with Gasteiger partial charge in [-0.05, 0) is 61.1 Å². The normalized spacial score (nSPS) is 25.4. The van der Waals surface area contributed by atoms with Crippen LogP contribution in [0.2, 0.25) is 0 Å². The molecule has 23 heavy (non-hydrogen) atoms. The molecule has 0 radical (unpaired) electrons. The van der Waals surface area contributed by atoms with Crippen LogP contribution >= 0.6 is 11.8 Å². The first-order valence-electron chi connectivity index (χ1n) is 8.19. The SMILES string of the molecule is CC(=O)C1(C(=O)/C=C/C=C(/Sc2ccccc2)[C@H]2CC2C)CC1. The molecule has 1 aromatic rings. The molecule has 0 saturated heterocycles. The first-order valence-corrected chi connectivity index (χ1v) is 9.01. The smallest absolute Gasteiger partial charge is 0.169 e. The minimum atomic E-state index is -0.691. The van der Waals surface area contributed by atoms with E-state index >= 15 is 0 Å². The lowest BCUT2D eigenvalue weighted by molar-refractivity contribution is -0.130. The fraction of sp³-hybridized carbons (Fsp3) is 0.400. The van der Waals surface area contributed by atoms with Crippen LogP contribution in [0, 0.1) is 17.3 Å². The molecule has 2 atom stereocenters. The Morgan fingerprint density at radius 3 is 2.39 bits per heavy atom. The molecule has 0 aliphatic heterocycles. The van der Waals surface area contributed by atoms with Crippen LogP contribution in [0.4, 0.5) is 0 Å². The maximum Gasteiger partial charge on any atom is 0.169 e. The van der Waals surface area contributed by atoms with E-state index in [1.54, 1.807) is 17.8 Å². The monoisotopic (exact) mass is 326 g/mol. The van der Waals surface area contributed by atoms with Crippen LogP contribution in [0.15, 0.2) is 58.4 Å². The molecule has 1 unspecified atom stereocenters. The van der Waals surface area contributed by atoms with Crippen molar-refractivity contribution in [1.82, 2.24) is 0 Å². The van der Waals surface area contributed by atoms with Gasteiger partial charge in [-0.25, -0.2) is 0 Å². The van der Waals surface area contributed by atoms with Gasteiger partial charge in [0.15, 0.2) is 5.78 Å². The highest BCUT2D eigenvalue weighted by atomic mass is 32.2. The van der Waals surface area contributed by atoms with Gasteiger partial charge < -0.3 is 0 Å². The van der Waals surface area contributed by atoms with Crippen LogP contribution in [0.5, 0.6) is 0 Å². The summed E-state index contributed by atoms with van der Waals surface area (Å²) in [6, 6.07) is 10.3. The molecule has 2 saturated carbocycles. The molecule has 0 aromatic heterocycles. The molecule has 0 bridgehead atoms. The predicted molar refractivity (Wildman–Crippen MR) is 94.1 cm³/mol. The Balaban J connectivity index is 1.70. The van der Waals surface area contributed by atoms with Gasteiger partial charge >= 0.3 is 0 Å². The second-order valence-electron chi connectivity index (χ2n) is 6.67. The Labute approximate surface area is 142 Å². The van der Waals surface area contributed by atoms with E-state index in [1.807, 2.05) is 24.3 Å². The predicted octanol–water partition coefficient (Wildman–Crippen LogP) is 4.81. The fourth-order valence-corrected chi connectivity index (χ4v) is 4.06. The summed E-state index contributed by atoms with van der Waals surface area (Å²) >= 11 is 1.78. The third kappa shape index (κ3) is 3.66. The zero-order valence-corrected chi connectivity index (χ0v) is 14.4. The van der Waals surface area contributed by atoms with Crippen molar-refractivity contribution in [2.45, 2.75) is 38.0 Å². The zero-order valence-electron chi connectivity index (χ0n) is 13.6. The Bertz CT molecular complexity index is 668. The average molecular weight is 326 g/mol. The second kappa shape index (κ2) is 6.48. The molecule has 0 N–H and O–H groups in total. The van der Waals surface area contributed by atoms with Crippen LogP contribution in [0.1, 0.15) is 33.1 Å². The molecule has 120 valence electrons. The number of hydrogen-bond acceptors (Lipinski definition) is 3. The number of carbonyl (C=O) groups excluding carboxylic acids is 2. The summed E-state index contributed by atoms with van der Waals surface area (Å²) in [5.74, 6) is 1.29. The minimum absolute atomic E-state index is 0.00540. The van der Waals surface area contributed by atoms with Crippen molar-refractivity contribution in [1.29, 1.82) is 0 Å². The van der Waals surface area contributed by atoms with Crippen molar-refractivity contribution < 1.29 is 9.59 Å². The van der Waals surface area contributed by atoms with Gasteiger partial charge in [0, 0.05) is 4.90 Å². The standard InChI is InChI=1S/C20H22O2S/c1-14-13-17(14)18(23-16-7-4-3-5-8-16)9-6-10-19(22)20(11-12-20)15(2)21/h3-10,14,17H,11-13H2,1-2H3/b10-6+,18-9+/t14?,17-/m0/s1. The van der Waals surface area contributed by atoms with Crippen molar-refractivity contribution in [3.05, 3.63) is 53.5 Å². The van der Waals surface area contributed by atoms with Gasteiger partial charge in [-0.15, -0.1) is 0 Å². The molecule has 0 spiro atoms. The third-order valence-corrected chi connectivity index (χ3v) is 6.04. The number of hydrogen-bond donors (Lipinski definition) is 0. The molecule has 3 heteroatoms. The minimum Gasteiger partial charge on any atom is -0.299 e. The highest BCUT2D eigenvalue weighted by molar-refractivity contribution is 8.03. The number of allylic oxidation sites excluding steroid dienone is 4. The fourth-order valence-electron chi connectivity index (χ4n) is 2.86. The van der Waals surface area contributed by atoms with Crippen LogP contribution in [0.3, 0.4) is 0 Å². The van der Waals surface area contributed by atoms with Gasteiger partial charge in [0.2, 0.25) is 0 Å². The Morgan fingerprint density at radius 2 is 1.87 bits per heavy atom. The van der Waals surface area contributed by atoms with Crippen molar-refractivity contribution in [3.63, 3.8) is 0 Å². The van der Waals surface area contributed by atoms with E-state index in [0.717, 1.165) is 0 Å². The lowest BCUT2D eigenvalue weighted by Gasteiger charge is -2.06. The number of ketones is 2. The quantitative estimate of drug-likeness (QED) is 0.312. The Kier molecular flexibility index (Phi) is 4.58. The molecule has 0 heterocycles. The summed E-state index contributed by atoms with van der Waals surface area (Å²) in [5, 5.41) is 0. The zero-order chi connectivity index (χ0) is 16.4. The third-order valence-electron chi connectivity index (χ3n) is 4.86. The summed E-state index contributed by atoms with van der Waals surface area (Å²) in [7, 11) is 0. The average Bonchev–Trinajstić information content (AvgIpc) is 3.42. The van der Waals surface area contributed by atoms with E-state index in [0.29, 0.717) is 24.7 Å². The first kappa shape index (κ1) is 16.3. The number of rotatable bonds is 7. The lowest BCUT2D eigenvalue weighted by atomic mass is 9.96. The molecular weight excluding hydrogens is 304 g/mol. The van der Waals surface area contributed by atoms with Gasteiger partial charge in [-0.2, -0.15) is 0 Å². The van der Waals surface area contributed by atoms with Gasteiger partial charge in [-0.3, -0.25) is 9.59 Å². The first-order chi connectivity index (χ1) is 11.0. The van der Waals surface area contributed by atoms with Crippen molar-refractivity contribution in [2.75, 3.05) is 0 Å². The highest BCUT2D eigenvalue weighted by Gasteiger charge is 2.52. The molecule has 2 aliphatic rings. The van der Waals surface area contributed by atoms with E-state index in [9.17, 15) is 9.59 Å². The van der Waals surface area contributed by atoms with Crippen molar-refractivity contribution in [2.24, 2.45) is 17.3 Å². The van der Waals surface area contributed by atoms with E-state index in [-0.39, 0.29) is 11.6 Å². The maximum absolute atomic E-state index is 12.2. The molecule has 2 fully saturated rings. The molecular formula is C20H22O2S. The Morgan fingerprint density at radius 1 is 1.22 bits per heavy atom. The van der Waals surface area contributed by atoms with Gasteiger partial charge in [-0.1, -0.05) is 49.0 Å². The number of Topliss-reactive ketones (excluding diaryl/α,β-unsaturated/α-hetero) is 1. The number of thioether (sulfide) groups is 1. The van der Waals surface area contributed by atoms with Gasteiger partial charge in [0.25, 0.3) is 0 Å². The van der Waals surface area contributed by atoms with E-state index < -0.39 is 5.41 Å². The maximum atomic E-state index is 12.2. The highest BCUT2D eigenvalue weighted by Crippen LogP contribution is 2.50. The van der Waals surface area contributed by atoms with E-state index in [1.165, 1.54) is 23.1 Å². The lowest BCUT2D eigenvalue weighted by Crippen LogP contribution is -2.21. The van der Waals surface area contributed by atoms with Crippen LogP contribution in [0.25, 0.3) is 0 Å². The molecule has 3 rings (SSSR count). The van der Waals surface area contributed by atoms with Gasteiger partial charge in [0.1, 0.15) is 5.78 Å². The molecule has 2 nitrogen and oxygen atoms in total. The molecule has 2 aliphatic carbocycles. The largest absolute Gasteiger partial charge is 0.299 e. The number of benzene rings is 1. The molecule has 1 aromatic carbocycles.